The fourth-order valence-electron chi connectivity index (χ4n) is 2.03. The van der Waals surface area contributed by atoms with Gasteiger partial charge in [-0.2, -0.15) is 0 Å². The van der Waals surface area contributed by atoms with Gasteiger partial charge in [0.2, 0.25) is 5.88 Å². The molecule has 0 bridgehead atoms. The lowest BCUT2D eigenvalue weighted by Gasteiger charge is -2.26. The number of nitrogens with zero attached hydrogens (tertiary/aromatic N) is 2. The van der Waals surface area contributed by atoms with Crippen molar-refractivity contribution in [3.8, 4) is 5.88 Å². The molecule has 1 aromatic heterocycles. The van der Waals surface area contributed by atoms with E-state index in [1.807, 2.05) is 0 Å². The molecule has 1 aromatic rings. The fraction of sp³-hybridized carbons (Fsp3) is 0.583. The number of nitrogens with two attached hydrogens (primary N) is 1. The summed E-state index contributed by atoms with van der Waals surface area (Å²) in [6.07, 6.45) is 3.94. The van der Waals surface area contributed by atoms with Crippen molar-refractivity contribution in [1.82, 2.24) is 9.88 Å². The van der Waals surface area contributed by atoms with Gasteiger partial charge in [-0.05, 0) is 32.0 Å². The van der Waals surface area contributed by atoms with Crippen LogP contribution in [0, 0.1) is 0 Å². The zero-order valence-corrected chi connectivity index (χ0v) is 10.6. The van der Waals surface area contributed by atoms with E-state index in [-0.39, 0.29) is 0 Å². The molecule has 2 rings (SSSR count). The van der Waals surface area contributed by atoms with E-state index in [1.165, 1.54) is 32.4 Å². The van der Waals surface area contributed by atoms with Crippen LogP contribution in [0.2, 0.25) is 5.15 Å². The van der Waals surface area contributed by atoms with Crippen LogP contribution in [-0.4, -0.2) is 36.1 Å². The molecular weight excluding hydrogens is 238 g/mol. The average molecular weight is 256 g/mol. The summed E-state index contributed by atoms with van der Waals surface area (Å²) in [5.41, 5.74) is 6.24. The maximum atomic E-state index is 5.80. The normalized spacial score (nSPS) is 17.0. The van der Waals surface area contributed by atoms with Gasteiger partial charge < -0.3 is 10.5 Å². The summed E-state index contributed by atoms with van der Waals surface area (Å²) in [6.45, 7) is 3.92. The van der Waals surface area contributed by atoms with Crippen LogP contribution < -0.4 is 10.5 Å². The SMILES string of the molecule is Nc1cc(Cl)nc(OCCN2CCCCC2)c1. The Balaban J connectivity index is 1.77. The van der Waals surface area contributed by atoms with Crippen LogP contribution in [0.5, 0.6) is 5.88 Å². The number of nitrogen functional groups attached to an aromatic ring is 1. The Morgan fingerprint density at radius 1 is 1.29 bits per heavy atom. The lowest BCUT2D eigenvalue weighted by atomic mass is 10.1. The Bertz CT molecular complexity index is 347. The monoisotopic (exact) mass is 255 g/mol. The maximum Gasteiger partial charge on any atom is 0.216 e. The third kappa shape index (κ3) is 4.06. The highest BCUT2D eigenvalue weighted by Gasteiger charge is 2.09. The van der Waals surface area contributed by atoms with E-state index in [0.29, 0.717) is 23.3 Å². The average Bonchev–Trinajstić information content (AvgIpc) is 2.29. The summed E-state index contributed by atoms with van der Waals surface area (Å²) in [7, 11) is 0. The van der Waals surface area contributed by atoms with Crippen LogP contribution in [0.4, 0.5) is 5.69 Å². The Hall–Kier alpha value is -1.00. The molecule has 0 aromatic carbocycles. The molecule has 4 nitrogen and oxygen atoms in total. The minimum Gasteiger partial charge on any atom is -0.476 e. The molecule has 1 aliphatic rings. The molecule has 0 radical (unpaired) electrons. The summed E-state index contributed by atoms with van der Waals surface area (Å²) in [6, 6.07) is 3.31. The zero-order chi connectivity index (χ0) is 12.1. The number of anilines is 1. The first-order valence-corrected chi connectivity index (χ1v) is 6.40. The predicted octanol–water partition coefficient (Wildman–Crippen LogP) is 2.18. The standard InChI is InChI=1S/C12H18ClN3O/c13-11-8-10(14)9-12(15-11)17-7-6-16-4-2-1-3-5-16/h8-9H,1-7H2,(H2,14,15). The molecule has 0 aliphatic carbocycles. The molecule has 17 heavy (non-hydrogen) atoms. The van der Waals surface area contributed by atoms with E-state index in [1.54, 1.807) is 12.1 Å². The van der Waals surface area contributed by atoms with Crippen LogP contribution in [0.15, 0.2) is 12.1 Å². The second kappa shape index (κ2) is 6.07. The second-order valence-corrected chi connectivity index (χ2v) is 4.70. The lowest BCUT2D eigenvalue weighted by Crippen LogP contribution is -2.33. The van der Waals surface area contributed by atoms with Gasteiger partial charge in [-0.15, -0.1) is 0 Å². The molecule has 1 saturated heterocycles. The van der Waals surface area contributed by atoms with Gasteiger partial charge in [-0.3, -0.25) is 4.90 Å². The Labute approximate surface area is 107 Å². The maximum absolute atomic E-state index is 5.80. The molecule has 1 aliphatic heterocycles. The quantitative estimate of drug-likeness (QED) is 0.838. The van der Waals surface area contributed by atoms with Crippen molar-refractivity contribution >= 4 is 17.3 Å². The van der Waals surface area contributed by atoms with Gasteiger partial charge in [-0.25, -0.2) is 4.98 Å². The molecule has 0 atom stereocenters. The third-order valence-corrected chi connectivity index (χ3v) is 3.09. The summed E-state index contributed by atoms with van der Waals surface area (Å²) < 4.78 is 5.55. The van der Waals surface area contributed by atoms with Gasteiger partial charge in [0.25, 0.3) is 0 Å². The van der Waals surface area contributed by atoms with Crippen molar-refractivity contribution in [1.29, 1.82) is 0 Å². The van der Waals surface area contributed by atoms with Gasteiger partial charge in [0.15, 0.2) is 0 Å². The van der Waals surface area contributed by atoms with Crippen molar-refractivity contribution in [2.75, 3.05) is 32.0 Å². The number of hydrogen-bond acceptors (Lipinski definition) is 4. The number of piperidine rings is 1. The van der Waals surface area contributed by atoms with E-state index >= 15 is 0 Å². The number of ether oxygens (including phenoxy) is 1. The van der Waals surface area contributed by atoms with Crippen LogP contribution in [0.3, 0.4) is 0 Å². The van der Waals surface area contributed by atoms with Gasteiger partial charge >= 0.3 is 0 Å². The van der Waals surface area contributed by atoms with E-state index in [9.17, 15) is 0 Å². The molecule has 0 saturated carbocycles. The minimum atomic E-state index is 0.373. The highest BCUT2D eigenvalue weighted by atomic mass is 35.5. The molecule has 94 valence electrons. The Kier molecular flexibility index (Phi) is 4.45. The fourth-order valence-corrected chi connectivity index (χ4v) is 2.24. The summed E-state index contributed by atoms with van der Waals surface area (Å²) in [4.78, 5) is 6.48. The van der Waals surface area contributed by atoms with Crippen molar-refractivity contribution < 1.29 is 4.74 Å². The smallest absolute Gasteiger partial charge is 0.216 e. The van der Waals surface area contributed by atoms with E-state index in [0.717, 1.165) is 6.54 Å². The van der Waals surface area contributed by atoms with E-state index in [2.05, 4.69) is 9.88 Å². The van der Waals surface area contributed by atoms with Gasteiger partial charge in [0.1, 0.15) is 11.8 Å². The first-order valence-electron chi connectivity index (χ1n) is 6.02. The van der Waals surface area contributed by atoms with Crippen LogP contribution in [-0.2, 0) is 0 Å². The van der Waals surface area contributed by atoms with Crippen molar-refractivity contribution in [3.63, 3.8) is 0 Å². The largest absolute Gasteiger partial charge is 0.476 e. The lowest BCUT2D eigenvalue weighted by molar-refractivity contribution is 0.180. The van der Waals surface area contributed by atoms with Crippen LogP contribution in [0.1, 0.15) is 19.3 Å². The summed E-state index contributed by atoms with van der Waals surface area (Å²) in [5.74, 6) is 0.506. The molecule has 2 N–H and O–H groups in total. The van der Waals surface area contributed by atoms with E-state index in [4.69, 9.17) is 22.1 Å². The third-order valence-electron chi connectivity index (χ3n) is 2.90. The zero-order valence-electron chi connectivity index (χ0n) is 9.86. The first kappa shape index (κ1) is 12.5. The number of aromatic nitrogens is 1. The molecule has 2 heterocycles. The number of hydrogen-bond donors (Lipinski definition) is 1. The van der Waals surface area contributed by atoms with Crippen molar-refractivity contribution in [2.24, 2.45) is 0 Å². The van der Waals surface area contributed by atoms with Gasteiger partial charge in [0.05, 0.1) is 0 Å². The Morgan fingerprint density at radius 2 is 2.06 bits per heavy atom. The molecule has 0 unspecified atom stereocenters. The molecule has 1 fully saturated rings. The van der Waals surface area contributed by atoms with Gasteiger partial charge in [0, 0.05) is 18.3 Å². The number of halogens is 1. The second-order valence-electron chi connectivity index (χ2n) is 4.31. The first-order chi connectivity index (χ1) is 8.24. The minimum absolute atomic E-state index is 0.373. The summed E-state index contributed by atoms with van der Waals surface area (Å²) >= 11 is 5.80. The molecule has 0 amide bonds. The molecular formula is C12H18ClN3O. The Morgan fingerprint density at radius 3 is 2.76 bits per heavy atom. The number of pyridine rings is 1. The van der Waals surface area contributed by atoms with Gasteiger partial charge in [-0.1, -0.05) is 18.0 Å². The highest BCUT2D eigenvalue weighted by Crippen LogP contribution is 2.17. The van der Waals surface area contributed by atoms with Crippen LogP contribution >= 0.6 is 11.6 Å². The molecule has 5 heteroatoms. The highest BCUT2D eigenvalue weighted by molar-refractivity contribution is 6.29. The van der Waals surface area contributed by atoms with Crippen molar-refractivity contribution in [3.05, 3.63) is 17.3 Å². The number of likely N-dealkylation sites (tertiary alicyclic amines) is 1. The van der Waals surface area contributed by atoms with Crippen LogP contribution in [0.25, 0.3) is 0 Å². The van der Waals surface area contributed by atoms with Crippen molar-refractivity contribution in [2.45, 2.75) is 19.3 Å². The van der Waals surface area contributed by atoms with E-state index < -0.39 is 0 Å². The predicted molar refractivity (Wildman–Crippen MR) is 69.4 cm³/mol. The number of rotatable bonds is 4. The molecule has 0 spiro atoms. The summed E-state index contributed by atoms with van der Waals surface area (Å²) in [5, 5.41) is 0.373. The topological polar surface area (TPSA) is 51.4 Å².